The Labute approximate surface area is 283 Å². The second-order valence-corrected chi connectivity index (χ2v) is 12.1. The smallest absolute Gasteiger partial charge is 0.246 e. The molecule has 5 rings (SSSR count). The number of amidine groups is 1. The van der Waals surface area contributed by atoms with Crippen molar-refractivity contribution < 1.29 is 14.3 Å². The Hall–Kier alpha value is -5.16. The molecule has 4 aromatic rings. The van der Waals surface area contributed by atoms with Crippen LogP contribution in [0.3, 0.4) is 0 Å². The minimum absolute atomic E-state index is 0.0497. The third-order valence-corrected chi connectivity index (χ3v) is 8.13. The molecule has 0 spiro atoms. The third kappa shape index (κ3) is 8.40. The van der Waals surface area contributed by atoms with Gasteiger partial charge < -0.3 is 29.5 Å². The molecule has 48 heavy (non-hydrogen) atoms. The van der Waals surface area contributed by atoms with Gasteiger partial charge in [-0.15, -0.1) is 0 Å². The van der Waals surface area contributed by atoms with E-state index in [2.05, 4.69) is 52.4 Å². The molecule has 1 amide bonds. The molecule has 1 N–H and O–H groups in total. The first-order chi connectivity index (χ1) is 23.3. The van der Waals surface area contributed by atoms with E-state index in [9.17, 15) is 4.79 Å². The minimum Gasteiger partial charge on any atom is -0.494 e. The van der Waals surface area contributed by atoms with Crippen LogP contribution in [0.4, 0.5) is 11.4 Å². The molecular weight excluding hydrogens is 604 g/mol. The zero-order valence-corrected chi connectivity index (χ0v) is 28.8. The minimum atomic E-state index is 0.0497. The van der Waals surface area contributed by atoms with Gasteiger partial charge in [-0.3, -0.25) is 4.79 Å². The number of carbonyl (C=O) groups excluding carboxylic acids is 1. The highest BCUT2D eigenvalue weighted by Crippen LogP contribution is 2.36. The van der Waals surface area contributed by atoms with E-state index in [0.29, 0.717) is 37.8 Å². The Balaban J connectivity index is 1.38. The van der Waals surface area contributed by atoms with E-state index in [0.717, 1.165) is 64.6 Å². The summed E-state index contributed by atoms with van der Waals surface area (Å²) in [7, 11) is 5.68. The van der Waals surface area contributed by atoms with Crippen molar-refractivity contribution in [2.24, 2.45) is 4.99 Å². The normalized spacial score (nSPS) is 14.1. The van der Waals surface area contributed by atoms with Gasteiger partial charge >= 0.3 is 0 Å². The molecule has 0 saturated carbocycles. The lowest BCUT2D eigenvalue weighted by Gasteiger charge is -2.36. The van der Waals surface area contributed by atoms with Crippen LogP contribution >= 0.6 is 0 Å². The number of benzene rings is 2. The summed E-state index contributed by atoms with van der Waals surface area (Å²) in [6, 6.07) is 13.9. The van der Waals surface area contributed by atoms with Gasteiger partial charge in [0.05, 0.1) is 18.4 Å². The molecule has 0 unspecified atom stereocenters. The van der Waals surface area contributed by atoms with E-state index >= 15 is 0 Å². The van der Waals surface area contributed by atoms with E-state index < -0.39 is 0 Å². The van der Waals surface area contributed by atoms with Crippen LogP contribution in [0, 0.1) is 13.8 Å². The summed E-state index contributed by atoms with van der Waals surface area (Å²) in [4.78, 5) is 28.1. The van der Waals surface area contributed by atoms with Crippen molar-refractivity contribution in [1.82, 2.24) is 24.4 Å². The van der Waals surface area contributed by atoms with Crippen LogP contribution in [-0.4, -0.2) is 90.1 Å². The maximum absolute atomic E-state index is 12.8. The molecular formula is C37H46N8O3. The van der Waals surface area contributed by atoms with Crippen LogP contribution in [0.1, 0.15) is 36.5 Å². The molecule has 11 nitrogen and oxygen atoms in total. The first-order valence-corrected chi connectivity index (χ1v) is 16.4. The first-order valence-electron chi connectivity index (χ1n) is 16.4. The zero-order chi connectivity index (χ0) is 34.0. The third-order valence-electron chi connectivity index (χ3n) is 8.13. The van der Waals surface area contributed by atoms with Crippen LogP contribution in [-0.2, 0) is 4.79 Å². The maximum atomic E-state index is 12.8. The lowest BCUT2D eigenvalue weighted by Crippen LogP contribution is -2.48. The molecule has 3 heterocycles. The van der Waals surface area contributed by atoms with Gasteiger partial charge in [0.15, 0.2) is 11.4 Å². The summed E-state index contributed by atoms with van der Waals surface area (Å²) in [5.41, 5.74) is 5.45. The molecule has 0 aliphatic carbocycles. The van der Waals surface area contributed by atoms with Gasteiger partial charge in [0.25, 0.3) is 0 Å². The average Bonchev–Trinajstić information content (AvgIpc) is 3.55. The number of aromatic nitrogens is 3. The number of aliphatic imine (C=N–C) groups is 1. The van der Waals surface area contributed by atoms with Crippen molar-refractivity contribution in [2.75, 3.05) is 64.1 Å². The van der Waals surface area contributed by atoms with Crippen LogP contribution in [0.15, 0.2) is 84.4 Å². The van der Waals surface area contributed by atoms with Gasteiger partial charge in [0.1, 0.15) is 23.7 Å². The number of methoxy groups -OCH3 is 1. The SMILES string of the molecule is CCC/C=C/N=C(Nc1ccc(Oc2ccn3ncnc3c2)c(C)c1)c1c(C)ccc(N2CCN(C(=O)/C=C/CN(C)C)CC2)c1OC. The molecule has 2 aromatic heterocycles. The van der Waals surface area contributed by atoms with Crippen LogP contribution in [0.5, 0.6) is 17.2 Å². The van der Waals surface area contributed by atoms with E-state index in [-0.39, 0.29) is 5.91 Å². The average molecular weight is 651 g/mol. The number of likely N-dealkylation sites (N-methyl/N-ethyl adjacent to an activating group) is 1. The maximum Gasteiger partial charge on any atom is 0.246 e. The zero-order valence-electron chi connectivity index (χ0n) is 28.8. The van der Waals surface area contributed by atoms with Crippen LogP contribution in [0.2, 0.25) is 0 Å². The topological polar surface area (TPSA) is 99.8 Å². The first kappa shape index (κ1) is 34.2. The molecule has 252 valence electrons. The Morgan fingerprint density at radius 1 is 1.04 bits per heavy atom. The summed E-state index contributed by atoms with van der Waals surface area (Å²) >= 11 is 0. The number of anilines is 2. The van der Waals surface area contributed by atoms with Crippen LogP contribution in [0.25, 0.3) is 5.65 Å². The second-order valence-electron chi connectivity index (χ2n) is 12.1. The molecule has 1 aliphatic heterocycles. The van der Waals surface area contributed by atoms with Gasteiger partial charge in [-0.05, 0) is 75.8 Å². The number of pyridine rings is 1. The van der Waals surface area contributed by atoms with Crippen molar-refractivity contribution in [3.05, 3.63) is 96.1 Å². The number of piperazine rings is 1. The van der Waals surface area contributed by atoms with E-state index in [4.69, 9.17) is 14.5 Å². The highest BCUT2D eigenvalue weighted by molar-refractivity contribution is 6.12. The number of carbonyl (C=O) groups is 1. The molecule has 0 atom stereocenters. The van der Waals surface area contributed by atoms with E-state index in [1.807, 2.05) is 79.6 Å². The fourth-order valence-corrected chi connectivity index (χ4v) is 5.55. The van der Waals surface area contributed by atoms with Gasteiger partial charge in [0.2, 0.25) is 5.91 Å². The number of hydrogen-bond donors (Lipinski definition) is 1. The number of unbranched alkanes of at least 4 members (excludes halogenated alkanes) is 1. The number of hydrogen-bond acceptors (Lipinski definition) is 8. The van der Waals surface area contributed by atoms with Crippen molar-refractivity contribution in [3.63, 3.8) is 0 Å². The fraction of sp³-hybridized carbons (Fsp3) is 0.351. The Bertz CT molecular complexity index is 1800. The quantitative estimate of drug-likeness (QED) is 0.112. The van der Waals surface area contributed by atoms with Gasteiger partial charge in [-0.2, -0.15) is 5.10 Å². The number of ether oxygens (including phenoxy) is 2. The van der Waals surface area contributed by atoms with Crippen molar-refractivity contribution in [1.29, 1.82) is 0 Å². The number of aryl methyl sites for hydroxylation is 2. The number of rotatable bonds is 12. The Kier molecular flexibility index (Phi) is 11.5. The largest absolute Gasteiger partial charge is 0.494 e. The molecule has 0 radical (unpaired) electrons. The lowest BCUT2D eigenvalue weighted by atomic mass is 10.0. The summed E-state index contributed by atoms with van der Waals surface area (Å²) in [6.45, 7) is 9.64. The number of allylic oxidation sites excluding steroid dienone is 1. The molecule has 0 bridgehead atoms. The summed E-state index contributed by atoms with van der Waals surface area (Å²) < 4.78 is 14.0. The summed E-state index contributed by atoms with van der Waals surface area (Å²) in [5, 5.41) is 7.73. The monoisotopic (exact) mass is 650 g/mol. The van der Waals surface area contributed by atoms with Crippen molar-refractivity contribution in [2.45, 2.75) is 33.6 Å². The second kappa shape index (κ2) is 16.1. The highest BCUT2D eigenvalue weighted by Gasteiger charge is 2.25. The van der Waals surface area contributed by atoms with E-state index in [1.54, 1.807) is 17.7 Å². The molecule has 1 saturated heterocycles. The number of nitrogens with zero attached hydrogens (tertiary/aromatic N) is 7. The predicted molar refractivity (Wildman–Crippen MR) is 193 cm³/mol. The highest BCUT2D eigenvalue weighted by atomic mass is 16.5. The van der Waals surface area contributed by atoms with Gasteiger partial charge in [-0.25, -0.2) is 14.5 Å². The lowest BCUT2D eigenvalue weighted by molar-refractivity contribution is -0.126. The van der Waals surface area contributed by atoms with Crippen LogP contribution < -0.4 is 19.7 Å². The van der Waals surface area contributed by atoms with Crippen molar-refractivity contribution in [3.8, 4) is 17.2 Å². The predicted octanol–water partition coefficient (Wildman–Crippen LogP) is 6.09. The Morgan fingerprint density at radius 3 is 2.58 bits per heavy atom. The summed E-state index contributed by atoms with van der Waals surface area (Å²) in [6.07, 6.45) is 12.8. The molecule has 1 aliphatic rings. The van der Waals surface area contributed by atoms with Gasteiger partial charge in [0, 0.05) is 63.0 Å². The number of amides is 1. The molecule has 2 aromatic carbocycles. The van der Waals surface area contributed by atoms with Gasteiger partial charge in [-0.1, -0.05) is 31.6 Å². The molecule has 1 fully saturated rings. The Morgan fingerprint density at radius 2 is 1.85 bits per heavy atom. The summed E-state index contributed by atoms with van der Waals surface area (Å²) in [5.74, 6) is 2.91. The standard InChI is InChI=1S/C37H46N8O3/c1-7-8-9-17-38-37(41-29-13-15-32(28(3)24-29)48-30-16-19-45-33(25-30)39-26-40-45)35-27(2)12-14-31(36(35)47-6)43-20-22-44(23-21-43)34(46)11-10-18-42(4)5/h9-17,19,24-26H,7-8,18,20-23H2,1-6H3,(H,38,41)/b11-10+,17-9+. The number of fused-ring (bicyclic) bond motifs is 1. The molecule has 11 heteroatoms. The number of nitrogens with one attached hydrogen (secondary N) is 1. The fourth-order valence-electron chi connectivity index (χ4n) is 5.55. The van der Waals surface area contributed by atoms with Crippen molar-refractivity contribution >= 4 is 28.8 Å². The van der Waals surface area contributed by atoms with E-state index in [1.165, 1.54) is 6.33 Å².